The largest absolute Gasteiger partial charge is 0.332 e. The first-order chi connectivity index (χ1) is 8.11. The maximum absolute atomic E-state index is 11.6. The molecule has 2 rings (SSSR count). The third-order valence-corrected chi connectivity index (χ3v) is 2.81. The van der Waals surface area contributed by atoms with Crippen LogP contribution in [0, 0.1) is 6.92 Å². The summed E-state index contributed by atoms with van der Waals surface area (Å²) in [6, 6.07) is 7.16. The van der Waals surface area contributed by atoms with Crippen molar-refractivity contribution in [3.05, 3.63) is 62.4 Å². The topological polar surface area (TPSA) is 54.9 Å². The van der Waals surface area contributed by atoms with E-state index in [2.05, 4.69) is 11.9 Å². The van der Waals surface area contributed by atoms with Crippen molar-refractivity contribution in [3.8, 4) is 5.69 Å². The predicted molar refractivity (Wildman–Crippen MR) is 66.8 cm³/mol. The second-order valence-electron chi connectivity index (χ2n) is 3.94. The van der Waals surface area contributed by atoms with Gasteiger partial charge in [0.05, 0.1) is 5.69 Å². The van der Waals surface area contributed by atoms with Crippen LogP contribution in [0.3, 0.4) is 0 Å². The summed E-state index contributed by atoms with van der Waals surface area (Å²) in [6.45, 7) is 4.10. The zero-order valence-corrected chi connectivity index (χ0v) is 9.86. The van der Waals surface area contributed by atoms with Crippen LogP contribution in [0.2, 0.25) is 0 Å². The fraction of sp³-hybridized carbons (Fsp3) is 0.231. The molecule has 0 atom stereocenters. The fourth-order valence-corrected chi connectivity index (χ4v) is 1.85. The molecular weight excluding hydrogens is 216 g/mol. The van der Waals surface area contributed by atoms with Gasteiger partial charge in [0.2, 0.25) is 0 Å². The summed E-state index contributed by atoms with van der Waals surface area (Å²) >= 11 is 0. The van der Waals surface area contributed by atoms with Gasteiger partial charge in [-0.15, -0.1) is 0 Å². The average molecular weight is 230 g/mol. The number of benzene rings is 1. The first-order valence-corrected chi connectivity index (χ1v) is 5.53. The van der Waals surface area contributed by atoms with Gasteiger partial charge in [0.1, 0.15) is 0 Å². The van der Waals surface area contributed by atoms with Crippen molar-refractivity contribution in [2.75, 3.05) is 0 Å². The molecule has 1 aromatic carbocycles. The van der Waals surface area contributed by atoms with Gasteiger partial charge in [-0.25, -0.2) is 4.79 Å². The molecule has 0 radical (unpaired) electrons. The summed E-state index contributed by atoms with van der Waals surface area (Å²) in [5.74, 6) is 0. The lowest BCUT2D eigenvalue weighted by Crippen LogP contribution is -2.27. The standard InChI is InChI=1S/C13H14N2O2/c1-3-10-4-5-11(8-9(10)2)15-7-6-12(16)14-13(15)17/h4-8H,3H2,1-2H3,(H,14,16,17). The maximum Gasteiger partial charge on any atom is 0.332 e. The molecule has 1 heterocycles. The van der Waals surface area contributed by atoms with Crippen molar-refractivity contribution in [2.45, 2.75) is 20.3 Å². The van der Waals surface area contributed by atoms with Crippen molar-refractivity contribution >= 4 is 0 Å². The van der Waals surface area contributed by atoms with E-state index in [1.165, 1.54) is 22.4 Å². The second kappa shape index (κ2) is 4.41. The smallest absolute Gasteiger partial charge is 0.274 e. The van der Waals surface area contributed by atoms with Gasteiger partial charge in [-0.05, 0) is 36.6 Å². The molecule has 2 aromatic rings. The summed E-state index contributed by atoms with van der Waals surface area (Å²) in [5.41, 5.74) is 2.37. The number of hydrogen-bond donors (Lipinski definition) is 1. The van der Waals surface area contributed by atoms with Crippen LogP contribution in [0.15, 0.2) is 40.1 Å². The lowest BCUT2D eigenvalue weighted by molar-refractivity contribution is 0.893. The fourth-order valence-electron chi connectivity index (χ4n) is 1.85. The monoisotopic (exact) mass is 230 g/mol. The van der Waals surface area contributed by atoms with Crippen LogP contribution < -0.4 is 11.2 Å². The minimum atomic E-state index is -0.416. The van der Waals surface area contributed by atoms with E-state index in [4.69, 9.17) is 0 Å². The minimum Gasteiger partial charge on any atom is -0.274 e. The van der Waals surface area contributed by atoms with Crippen LogP contribution in [0.1, 0.15) is 18.1 Å². The Hall–Kier alpha value is -2.10. The molecule has 0 unspecified atom stereocenters. The number of rotatable bonds is 2. The van der Waals surface area contributed by atoms with Crippen LogP contribution in [-0.4, -0.2) is 9.55 Å². The molecule has 0 fully saturated rings. The second-order valence-corrected chi connectivity index (χ2v) is 3.94. The molecule has 0 amide bonds. The quantitative estimate of drug-likeness (QED) is 0.847. The Morgan fingerprint density at radius 2 is 2.00 bits per heavy atom. The Morgan fingerprint density at radius 1 is 1.24 bits per heavy atom. The summed E-state index contributed by atoms with van der Waals surface area (Å²) in [5, 5.41) is 0. The molecule has 0 aliphatic rings. The van der Waals surface area contributed by atoms with Crippen molar-refractivity contribution in [2.24, 2.45) is 0 Å². The molecule has 0 spiro atoms. The zero-order chi connectivity index (χ0) is 12.4. The Balaban J connectivity index is 2.57. The van der Waals surface area contributed by atoms with Gasteiger partial charge in [0.25, 0.3) is 5.56 Å². The minimum absolute atomic E-state index is 0.381. The normalized spacial score (nSPS) is 10.5. The van der Waals surface area contributed by atoms with E-state index in [0.29, 0.717) is 0 Å². The summed E-state index contributed by atoms with van der Waals surface area (Å²) in [4.78, 5) is 24.8. The highest BCUT2D eigenvalue weighted by molar-refractivity contribution is 5.40. The first kappa shape index (κ1) is 11.4. The maximum atomic E-state index is 11.6. The number of H-pyrrole nitrogens is 1. The van der Waals surface area contributed by atoms with Gasteiger partial charge in [0.15, 0.2) is 0 Å². The molecule has 17 heavy (non-hydrogen) atoms. The molecule has 1 N–H and O–H groups in total. The zero-order valence-electron chi connectivity index (χ0n) is 9.86. The van der Waals surface area contributed by atoms with E-state index in [9.17, 15) is 9.59 Å². The molecule has 0 saturated heterocycles. The van der Waals surface area contributed by atoms with Crippen molar-refractivity contribution in [1.82, 2.24) is 9.55 Å². The lowest BCUT2D eigenvalue weighted by atomic mass is 10.1. The number of aryl methyl sites for hydroxylation is 2. The van der Waals surface area contributed by atoms with E-state index in [-0.39, 0.29) is 5.56 Å². The molecule has 4 nitrogen and oxygen atoms in total. The third-order valence-electron chi connectivity index (χ3n) is 2.81. The number of hydrogen-bond acceptors (Lipinski definition) is 2. The highest BCUT2D eigenvalue weighted by Gasteiger charge is 2.02. The van der Waals surface area contributed by atoms with Crippen LogP contribution >= 0.6 is 0 Å². The lowest BCUT2D eigenvalue weighted by Gasteiger charge is -2.08. The van der Waals surface area contributed by atoms with Crippen LogP contribution in [0.25, 0.3) is 5.69 Å². The SMILES string of the molecule is CCc1ccc(-n2ccc(=O)[nH]c2=O)cc1C. The average Bonchev–Trinajstić information content (AvgIpc) is 2.29. The molecule has 1 aromatic heterocycles. The van der Waals surface area contributed by atoms with Crippen molar-refractivity contribution in [1.29, 1.82) is 0 Å². The van der Waals surface area contributed by atoms with Crippen LogP contribution in [0.4, 0.5) is 0 Å². The van der Waals surface area contributed by atoms with Gasteiger partial charge in [0, 0.05) is 12.3 Å². The Bertz CT molecular complexity index is 653. The Labute approximate surface area is 98.6 Å². The summed E-state index contributed by atoms with van der Waals surface area (Å²) < 4.78 is 1.42. The number of aromatic amines is 1. The van der Waals surface area contributed by atoms with E-state index >= 15 is 0 Å². The van der Waals surface area contributed by atoms with Gasteiger partial charge in [-0.2, -0.15) is 0 Å². The molecule has 0 aliphatic heterocycles. The van der Waals surface area contributed by atoms with Gasteiger partial charge in [-0.1, -0.05) is 13.0 Å². The number of nitrogens with zero attached hydrogens (tertiary/aromatic N) is 1. The molecule has 0 bridgehead atoms. The number of aromatic nitrogens is 2. The Kier molecular flexibility index (Phi) is 2.95. The molecule has 0 aliphatic carbocycles. The van der Waals surface area contributed by atoms with Crippen molar-refractivity contribution < 1.29 is 0 Å². The third kappa shape index (κ3) is 2.20. The Morgan fingerprint density at radius 3 is 2.59 bits per heavy atom. The number of nitrogens with one attached hydrogen (secondary N) is 1. The van der Waals surface area contributed by atoms with Gasteiger partial charge >= 0.3 is 5.69 Å². The van der Waals surface area contributed by atoms with E-state index in [0.717, 1.165) is 17.7 Å². The molecule has 4 heteroatoms. The van der Waals surface area contributed by atoms with E-state index in [1.807, 2.05) is 25.1 Å². The highest BCUT2D eigenvalue weighted by atomic mass is 16.2. The van der Waals surface area contributed by atoms with Gasteiger partial charge < -0.3 is 0 Å². The molecule has 88 valence electrons. The molecule has 0 saturated carbocycles. The molecular formula is C13H14N2O2. The van der Waals surface area contributed by atoms with Gasteiger partial charge in [-0.3, -0.25) is 14.3 Å². The van der Waals surface area contributed by atoms with Crippen molar-refractivity contribution in [3.63, 3.8) is 0 Å². The summed E-state index contributed by atoms with van der Waals surface area (Å²) in [7, 11) is 0. The van der Waals surface area contributed by atoms with Crippen LogP contribution in [0.5, 0.6) is 0 Å². The van der Waals surface area contributed by atoms with E-state index < -0.39 is 5.69 Å². The first-order valence-electron chi connectivity index (χ1n) is 5.53. The predicted octanol–water partition coefficient (Wildman–Crippen LogP) is 1.40. The van der Waals surface area contributed by atoms with Crippen LogP contribution in [-0.2, 0) is 6.42 Å². The van der Waals surface area contributed by atoms with E-state index in [1.54, 1.807) is 0 Å². The highest BCUT2D eigenvalue weighted by Crippen LogP contribution is 2.13. The summed E-state index contributed by atoms with van der Waals surface area (Å²) in [6.07, 6.45) is 2.45.